The summed E-state index contributed by atoms with van der Waals surface area (Å²) in [6.07, 6.45) is 0. The highest BCUT2D eigenvalue weighted by Gasteiger charge is 2.24. The molecule has 2 aromatic rings. The first-order valence-corrected chi connectivity index (χ1v) is 9.20. The van der Waals surface area contributed by atoms with Crippen LogP contribution in [0, 0.1) is 24.0 Å². The largest absolute Gasteiger partial charge is 0.363 e. The maximum Gasteiger partial charge on any atom is 0.292 e. The zero-order valence-corrected chi connectivity index (χ0v) is 15.6. The number of hydrogen-bond acceptors (Lipinski definition) is 7. The van der Waals surface area contributed by atoms with Gasteiger partial charge in [-0.3, -0.25) is 19.8 Å². The number of rotatable bonds is 5. The summed E-state index contributed by atoms with van der Waals surface area (Å²) in [6.45, 7) is 6.84. The molecule has 1 aromatic heterocycles. The minimum Gasteiger partial charge on any atom is -0.363 e. The van der Waals surface area contributed by atoms with Gasteiger partial charge in [0.1, 0.15) is 5.69 Å². The molecule has 1 amide bonds. The number of aromatic nitrogens is 1. The Labute approximate surface area is 155 Å². The van der Waals surface area contributed by atoms with Crippen molar-refractivity contribution >= 4 is 33.8 Å². The molecule has 2 heterocycles. The summed E-state index contributed by atoms with van der Waals surface area (Å²) in [6, 6.07) is 6.77. The molecule has 0 spiro atoms. The highest BCUT2D eigenvalue weighted by Crippen LogP contribution is 2.28. The van der Waals surface area contributed by atoms with Gasteiger partial charge in [-0.15, -0.1) is 11.3 Å². The molecule has 1 saturated heterocycles. The molecular formula is C17H21N5O3S. The monoisotopic (exact) mass is 375 g/mol. The Kier molecular flexibility index (Phi) is 5.48. The van der Waals surface area contributed by atoms with Crippen molar-refractivity contribution in [2.45, 2.75) is 13.8 Å². The van der Waals surface area contributed by atoms with Gasteiger partial charge in [0.25, 0.3) is 5.69 Å². The molecule has 0 bridgehead atoms. The first kappa shape index (κ1) is 18.3. The lowest BCUT2D eigenvalue weighted by atomic mass is 10.2. The normalized spacial score (nSPS) is 15.1. The quantitative estimate of drug-likeness (QED) is 0.637. The van der Waals surface area contributed by atoms with Crippen molar-refractivity contribution < 1.29 is 9.72 Å². The third-order valence-corrected chi connectivity index (χ3v) is 5.42. The summed E-state index contributed by atoms with van der Waals surface area (Å²) in [4.78, 5) is 32.5. The Morgan fingerprint density at radius 3 is 2.58 bits per heavy atom. The van der Waals surface area contributed by atoms with E-state index in [9.17, 15) is 14.9 Å². The number of amides is 1. The third kappa shape index (κ3) is 4.17. The Morgan fingerprint density at radius 1 is 1.27 bits per heavy atom. The van der Waals surface area contributed by atoms with E-state index in [1.165, 1.54) is 17.4 Å². The SMILES string of the molecule is Cc1nc(NC(=O)CN2CCN(c3ccccc3[N+](=O)[O-])CC2)sc1C. The molecule has 0 aliphatic carbocycles. The second-order valence-electron chi connectivity index (χ2n) is 6.22. The van der Waals surface area contributed by atoms with E-state index >= 15 is 0 Å². The Hall–Kier alpha value is -2.52. The minimum absolute atomic E-state index is 0.0853. The van der Waals surface area contributed by atoms with Crippen molar-refractivity contribution in [2.24, 2.45) is 0 Å². The predicted molar refractivity (Wildman–Crippen MR) is 102 cm³/mol. The zero-order valence-electron chi connectivity index (χ0n) is 14.8. The van der Waals surface area contributed by atoms with Crippen LogP contribution in [0.15, 0.2) is 24.3 Å². The number of aryl methyl sites for hydroxylation is 2. The molecule has 1 aliphatic heterocycles. The van der Waals surface area contributed by atoms with Crippen LogP contribution in [-0.2, 0) is 4.79 Å². The van der Waals surface area contributed by atoms with Gasteiger partial charge in [-0.2, -0.15) is 0 Å². The molecule has 8 nitrogen and oxygen atoms in total. The summed E-state index contributed by atoms with van der Waals surface area (Å²) in [5.41, 5.74) is 1.69. The molecule has 1 N–H and O–H groups in total. The fraction of sp³-hybridized carbons (Fsp3) is 0.412. The molecule has 0 atom stereocenters. The second-order valence-corrected chi connectivity index (χ2v) is 7.42. The number of carbonyl (C=O) groups excluding carboxylic acids is 1. The van der Waals surface area contributed by atoms with Crippen molar-refractivity contribution in [3.05, 3.63) is 45.0 Å². The van der Waals surface area contributed by atoms with E-state index in [1.54, 1.807) is 18.2 Å². The summed E-state index contributed by atoms with van der Waals surface area (Å²) in [5, 5.41) is 14.7. The summed E-state index contributed by atoms with van der Waals surface area (Å²) in [5.74, 6) is -0.0853. The summed E-state index contributed by atoms with van der Waals surface area (Å²) >= 11 is 1.47. The molecule has 1 aliphatic rings. The van der Waals surface area contributed by atoms with E-state index < -0.39 is 0 Å². The van der Waals surface area contributed by atoms with Crippen LogP contribution in [0.2, 0.25) is 0 Å². The maximum atomic E-state index is 12.2. The van der Waals surface area contributed by atoms with Crippen LogP contribution in [-0.4, -0.2) is 53.4 Å². The Balaban J connectivity index is 1.54. The van der Waals surface area contributed by atoms with Gasteiger partial charge in [0.2, 0.25) is 5.91 Å². The van der Waals surface area contributed by atoms with Crippen molar-refractivity contribution in [3.63, 3.8) is 0 Å². The van der Waals surface area contributed by atoms with Crippen molar-refractivity contribution in [2.75, 3.05) is 42.9 Å². The van der Waals surface area contributed by atoms with Gasteiger partial charge >= 0.3 is 0 Å². The highest BCUT2D eigenvalue weighted by molar-refractivity contribution is 7.15. The van der Waals surface area contributed by atoms with E-state index in [-0.39, 0.29) is 16.5 Å². The Morgan fingerprint density at radius 2 is 1.96 bits per heavy atom. The van der Waals surface area contributed by atoms with Crippen molar-refractivity contribution in [1.29, 1.82) is 0 Å². The number of nitrogens with zero attached hydrogens (tertiary/aromatic N) is 4. The molecule has 0 saturated carbocycles. The lowest BCUT2D eigenvalue weighted by Crippen LogP contribution is -2.48. The Bertz CT molecular complexity index is 795. The number of nitro benzene ring substituents is 1. The topological polar surface area (TPSA) is 91.6 Å². The van der Waals surface area contributed by atoms with E-state index in [2.05, 4.69) is 10.3 Å². The summed E-state index contributed by atoms with van der Waals surface area (Å²) in [7, 11) is 0. The number of carbonyl (C=O) groups is 1. The number of nitrogens with one attached hydrogen (secondary N) is 1. The van der Waals surface area contributed by atoms with Gasteiger partial charge in [-0.1, -0.05) is 12.1 Å². The first-order valence-electron chi connectivity index (χ1n) is 8.38. The number of thiazole rings is 1. The fourth-order valence-electron chi connectivity index (χ4n) is 2.92. The van der Waals surface area contributed by atoms with Crippen LogP contribution in [0.1, 0.15) is 10.6 Å². The molecule has 0 unspecified atom stereocenters. The average molecular weight is 375 g/mol. The van der Waals surface area contributed by atoms with E-state index in [4.69, 9.17) is 0 Å². The van der Waals surface area contributed by atoms with Crippen LogP contribution in [0.5, 0.6) is 0 Å². The molecule has 138 valence electrons. The van der Waals surface area contributed by atoms with Crippen molar-refractivity contribution in [1.82, 2.24) is 9.88 Å². The lowest BCUT2D eigenvalue weighted by Gasteiger charge is -2.35. The number of hydrogen-bond donors (Lipinski definition) is 1. The zero-order chi connectivity index (χ0) is 18.7. The van der Waals surface area contributed by atoms with Gasteiger partial charge < -0.3 is 10.2 Å². The fourth-order valence-corrected chi connectivity index (χ4v) is 3.75. The second kappa shape index (κ2) is 7.79. The number of anilines is 2. The number of benzene rings is 1. The molecule has 3 rings (SSSR count). The molecule has 0 radical (unpaired) electrons. The van der Waals surface area contributed by atoms with Crippen molar-refractivity contribution in [3.8, 4) is 0 Å². The third-order valence-electron chi connectivity index (χ3n) is 4.43. The van der Waals surface area contributed by atoms with Gasteiger partial charge in [-0.25, -0.2) is 4.98 Å². The smallest absolute Gasteiger partial charge is 0.292 e. The van der Waals surface area contributed by atoms with Gasteiger partial charge in [0.15, 0.2) is 5.13 Å². The lowest BCUT2D eigenvalue weighted by molar-refractivity contribution is -0.384. The number of para-hydroxylation sites is 2. The van der Waals surface area contributed by atoms with E-state index in [1.807, 2.05) is 23.6 Å². The van der Waals surface area contributed by atoms with Crippen LogP contribution in [0.25, 0.3) is 0 Å². The first-order chi connectivity index (χ1) is 12.4. The van der Waals surface area contributed by atoms with Crippen LogP contribution in [0.3, 0.4) is 0 Å². The number of piperazine rings is 1. The molecule has 9 heteroatoms. The summed E-state index contributed by atoms with van der Waals surface area (Å²) < 4.78 is 0. The van der Waals surface area contributed by atoms with E-state index in [0.29, 0.717) is 43.5 Å². The molecular weight excluding hydrogens is 354 g/mol. The average Bonchev–Trinajstić information content (AvgIpc) is 2.92. The molecule has 1 aromatic carbocycles. The highest BCUT2D eigenvalue weighted by atomic mass is 32.1. The van der Waals surface area contributed by atoms with Crippen LogP contribution < -0.4 is 10.2 Å². The van der Waals surface area contributed by atoms with Gasteiger partial charge in [-0.05, 0) is 19.9 Å². The molecule has 26 heavy (non-hydrogen) atoms. The maximum absolute atomic E-state index is 12.2. The standard InChI is InChI=1S/C17H21N5O3S/c1-12-13(2)26-17(18-12)19-16(23)11-20-7-9-21(10-8-20)14-5-3-4-6-15(14)22(24)25/h3-6H,7-11H2,1-2H3,(H,18,19,23). The van der Waals surface area contributed by atoms with Gasteiger partial charge in [0.05, 0.1) is 17.2 Å². The van der Waals surface area contributed by atoms with E-state index in [0.717, 1.165) is 10.6 Å². The predicted octanol–water partition coefficient (Wildman–Crippen LogP) is 2.43. The molecule has 1 fully saturated rings. The van der Waals surface area contributed by atoms with Crippen LogP contribution in [0.4, 0.5) is 16.5 Å². The minimum atomic E-state index is -0.354. The van der Waals surface area contributed by atoms with Crippen LogP contribution >= 0.6 is 11.3 Å². The van der Waals surface area contributed by atoms with Gasteiger partial charge in [0, 0.05) is 37.1 Å². The number of nitro groups is 1.